The van der Waals surface area contributed by atoms with E-state index < -0.39 is 33.9 Å². The summed E-state index contributed by atoms with van der Waals surface area (Å²) in [5.41, 5.74) is 2.72. The molecule has 2 amide bonds. The van der Waals surface area contributed by atoms with Crippen LogP contribution in [0.1, 0.15) is 18.1 Å². The van der Waals surface area contributed by atoms with Gasteiger partial charge in [0.1, 0.15) is 11.8 Å². The Labute approximate surface area is 258 Å². The van der Waals surface area contributed by atoms with Crippen LogP contribution in [-0.2, 0) is 26.2 Å². The van der Waals surface area contributed by atoms with E-state index in [1.807, 2.05) is 43.3 Å². The van der Waals surface area contributed by atoms with Crippen molar-refractivity contribution < 1.29 is 22.7 Å². The van der Waals surface area contributed by atoms with Gasteiger partial charge in [0.2, 0.25) is 5.91 Å². The Morgan fingerprint density at radius 2 is 1.63 bits per heavy atom. The first-order valence-electron chi connectivity index (χ1n) is 13.7. The fourth-order valence-corrected chi connectivity index (χ4v) is 6.66. The molecular formula is C32H35ClN4O5S. The molecular weight excluding hydrogens is 588 g/mol. The monoisotopic (exact) mass is 622 g/mol. The van der Waals surface area contributed by atoms with E-state index in [-0.39, 0.29) is 30.4 Å². The molecule has 1 aliphatic heterocycles. The number of rotatable bonds is 8. The smallest absolute Gasteiger partial charge is 0.264 e. The molecule has 9 nitrogen and oxygen atoms in total. The van der Waals surface area contributed by atoms with Crippen LogP contribution in [0.2, 0.25) is 0 Å². The highest BCUT2D eigenvalue weighted by atomic mass is 35.5. The normalized spacial score (nSPS) is 15.7. The number of hydrogen-bond acceptors (Lipinski definition) is 6. The quantitative estimate of drug-likeness (QED) is 0.301. The van der Waals surface area contributed by atoms with Crippen molar-refractivity contribution >= 4 is 56.4 Å². The van der Waals surface area contributed by atoms with Crippen molar-refractivity contribution in [3.8, 4) is 5.75 Å². The first-order chi connectivity index (χ1) is 20.1. The number of aryl methyl sites for hydroxylation is 1. The highest BCUT2D eigenvalue weighted by Gasteiger charge is 2.40. The number of methoxy groups -OCH3 is 1. The number of anilines is 2. The number of nitrogens with zero attached hydrogens (tertiary/aromatic N) is 2. The Morgan fingerprint density at radius 3 is 2.30 bits per heavy atom. The highest BCUT2D eigenvalue weighted by molar-refractivity contribution is 7.92. The van der Waals surface area contributed by atoms with Gasteiger partial charge in [0.05, 0.1) is 42.5 Å². The molecule has 11 heteroatoms. The summed E-state index contributed by atoms with van der Waals surface area (Å²) in [6, 6.07) is 23.3. The highest BCUT2D eigenvalue weighted by Crippen LogP contribution is 2.38. The zero-order valence-electron chi connectivity index (χ0n) is 24.4. The Kier molecular flexibility index (Phi) is 9.64. The van der Waals surface area contributed by atoms with E-state index in [1.54, 1.807) is 55.3 Å². The van der Waals surface area contributed by atoms with Gasteiger partial charge in [-0.3, -0.25) is 13.9 Å². The maximum Gasteiger partial charge on any atom is 0.264 e. The number of hydrogen-bond donors (Lipinski definition) is 2. The minimum absolute atomic E-state index is 0. The molecule has 0 saturated carbocycles. The van der Waals surface area contributed by atoms with Gasteiger partial charge in [0, 0.05) is 0 Å². The minimum Gasteiger partial charge on any atom is -0.497 e. The number of fused-ring (bicyclic) bond motifs is 2. The van der Waals surface area contributed by atoms with Crippen molar-refractivity contribution in [2.75, 3.05) is 29.9 Å². The molecule has 2 N–H and O–H groups in total. The number of para-hydroxylation sites is 2. The largest absolute Gasteiger partial charge is 0.497 e. The Morgan fingerprint density at radius 1 is 0.977 bits per heavy atom. The molecule has 4 aromatic carbocycles. The molecule has 5 rings (SSSR count). The summed E-state index contributed by atoms with van der Waals surface area (Å²) in [5, 5.41) is 7.72. The van der Waals surface area contributed by atoms with Crippen molar-refractivity contribution in [2.24, 2.45) is 0 Å². The lowest BCUT2D eigenvalue weighted by atomic mass is 9.99. The van der Waals surface area contributed by atoms with Gasteiger partial charge in [0.25, 0.3) is 15.9 Å². The van der Waals surface area contributed by atoms with Crippen molar-refractivity contribution in [1.82, 2.24) is 10.6 Å². The molecule has 1 aliphatic rings. The lowest BCUT2D eigenvalue weighted by molar-refractivity contribution is -0.128. The number of carbonyl (C=O) groups is 2. The zero-order valence-corrected chi connectivity index (χ0v) is 26.0. The average Bonchev–Trinajstić information content (AvgIpc) is 3.12. The summed E-state index contributed by atoms with van der Waals surface area (Å²) in [7, 11) is -0.999. The number of nitrogens with one attached hydrogen (secondary N) is 2. The van der Waals surface area contributed by atoms with Gasteiger partial charge < -0.3 is 20.3 Å². The summed E-state index contributed by atoms with van der Waals surface area (Å²) in [5.74, 6) is -0.299. The molecule has 43 heavy (non-hydrogen) atoms. The predicted molar refractivity (Wildman–Crippen MR) is 172 cm³/mol. The Balaban J connectivity index is 0.00000423. The van der Waals surface area contributed by atoms with Crippen molar-refractivity contribution in [3.63, 3.8) is 0 Å². The van der Waals surface area contributed by atoms with E-state index in [2.05, 4.69) is 10.6 Å². The second-order valence-electron chi connectivity index (χ2n) is 10.3. The number of sulfonamides is 1. The van der Waals surface area contributed by atoms with Crippen molar-refractivity contribution in [2.45, 2.75) is 37.4 Å². The minimum atomic E-state index is -4.15. The van der Waals surface area contributed by atoms with E-state index in [0.29, 0.717) is 17.1 Å². The molecule has 0 aromatic heterocycles. The fraction of sp³-hybridized carbons (Fsp3) is 0.250. The number of ether oxygens (including phenoxy) is 1. The first kappa shape index (κ1) is 31.8. The van der Waals surface area contributed by atoms with Crippen LogP contribution in [0.15, 0.2) is 89.8 Å². The summed E-state index contributed by atoms with van der Waals surface area (Å²) >= 11 is 0. The zero-order chi connectivity index (χ0) is 30.0. The van der Waals surface area contributed by atoms with Crippen LogP contribution in [0, 0.1) is 6.92 Å². The van der Waals surface area contributed by atoms with Crippen LogP contribution < -0.4 is 24.6 Å². The molecule has 0 saturated heterocycles. The third-order valence-electron chi connectivity index (χ3n) is 7.73. The maximum absolute atomic E-state index is 14.4. The number of carbonyl (C=O) groups excluding carboxylic acids is 2. The molecule has 1 heterocycles. The van der Waals surface area contributed by atoms with E-state index in [1.165, 1.54) is 23.5 Å². The SMILES string of the molecule is CNC(C)C(=O)NC1CN(S(=O)(=O)c2ccc(OC)cc2)c2ccccc2N(Cc2c(C)ccc3ccccc23)C1=O.Cl. The van der Waals surface area contributed by atoms with E-state index >= 15 is 0 Å². The van der Waals surface area contributed by atoms with Crippen LogP contribution in [0.3, 0.4) is 0 Å². The second-order valence-corrected chi connectivity index (χ2v) is 12.1. The molecule has 0 radical (unpaired) electrons. The summed E-state index contributed by atoms with van der Waals surface area (Å²) in [4.78, 5) is 29.0. The van der Waals surface area contributed by atoms with E-state index in [4.69, 9.17) is 4.74 Å². The lowest BCUT2D eigenvalue weighted by Gasteiger charge is -2.27. The lowest BCUT2D eigenvalue weighted by Crippen LogP contribution is -2.55. The number of amides is 2. The Hall–Kier alpha value is -4.12. The van der Waals surface area contributed by atoms with E-state index in [9.17, 15) is 18.0 Å². The summed E-state index contributed by atoms with van der Waals surface area (Å²) in [6.45, 7) is 3.57. The summed E-state index contributed by atoms with van der Waals surface area (Å²) < 4.78 is 34.7. The van der Waals surface area contributed by atoms with E-state index in [0.717, 1.165) is 21.9 Å². The van der Waals surface area contributed by atoms with Gasteiger partial charge in [-0.25, -0.2) is 8.42 Å². The molecule has 2 unspecified atom stereocenters. The molecule has 0 spiro atoms. The van der Waals surface area contributed by atoms with Gasteiger partial charge >= 0.3 is 0 Å². The van der Waals surface area contributed by atoms with Crippen LogP contribution in [0.5, 0.6) is 5.75 Å². The molecule has 226 valence electrons. The Bertz CT molecular complexity index is 1750. The number of likely N-dealkylation sites (N-methyl/N-ethyl adjacent to an activating group) is 1. The van der Waals surface area contributed by atoms with Gasteiger partial charge in [0.15, 0.2) is 0 Å². The number of benzene rings is 4. The topological polar surface area (TPSA) is 108 Å². The summed E-state index contributed by atoms with van der Waals surface area (Å²) in [6.07, 6.45) is 0. The molecule has 4 aromatic rings. The molecule has 0 fully saturated rings. The third-order valence-corrected chi connectivity index (χ3v) is 9.53. The van der Waals surface area contributed by atoms with Crippen LogP contribution in [0.25, 0.3) is 10.8 Å². The maximum atomic E-state index is 14.4. The average molecular weight is 623 g/mol. The van der Waals surface area contributed by atoms with Crippen molar-refractivity contribution in [1.29, 1.82) is 0 Å². The standard InChI is InChI=1S/C32H34N4O5S.ClH/c1-21-13-14-23-9-5-6-10-26(23)27(21)19-35-29-11-7-8-12-30(29)36(20-28(32(35)38)34-31(37)22(2)33-3)42(39,40)25-17-15-24(41-4)16-18-25;/h5-18,22,28,33H,19-20H2,1-4H3,(H,34,37);1H. The first-order valence-corrected chi connectivity index (χ1v) is 15.1. The predicted octanol–water partition coefficient (Wildman–Crippen LogP) is 4.41. The van der Waals surface area contributed by atoms with Gasteiger partial charge in [-0.1, -0.05) is 48.5 Å². The molecule has 2 atom stereocenters. The van der Waals surface area contributed by atoms with Crippen molar-refractivity contribution in [3.05, 3.63) is 96.1 Å². The van der Waals surface area contributed by atoms with Crippen LogP contribution in [-0.4, -0.2) is 53.0 Å². The fourth-order valence-electron chi connectivity index (χ4n) is 5.17. The third kappa shape index (κ3) is 6.17. The second kappa shape index (κ2) is 13.0. The van der Waals surface area contributed by atoms with Gasteiger partial charge in [-0.2, -0.15) is 0 Å². The molecule has 0 aliphatic carbocycles. The number of halogens is 1. The van der Waals surface area contributed by atoms with Gasteiger partial charge in [-0.05, 0) is 79.2 Å². The van der Waals surface area contributed by atoms with Crippen LogP contribution >= 0.6 is 12.4 Å². The molecule has 0 bridgehead atoms. The van der Waals surface area contributed by atoms with Gasteiger partial charge in [-0.15, -0.1) is 12.4 Å². The van der Waals surface area contributed by atoms with Crippen LogP contribution in [0.4, 0.5) is 11.4 Å².